The third kappa shape index (κ3) is 3.79. The number of hydrogen-bond donors (Lipinski definition) is 1. The molecule has 2 amide bonds. The van der Waals surface area contributed by atoms with Crippen molar-refractivity contribution in [2.24, 2.45) is 5.73 Å². The Kier molecular flexibility index (Phi) is 6.14. The van der Waals surface area contributed by atoms with Crippen LogP contribution in [-0.4, -0.2) is 28.8 Å². The van der Waals surface area contributed by atoms with Crippen molar-refractivity contribution in [3.63, 3.8) is 0 Å². The van der Waals surface area contributed by atoms with E-state index < -0.39 is 0 Å². The average molecular weight is 278 g/mol. The van der Waals surface area contributed by atoms with Gasteiger partial charge in [0.25, 0.3) is 11.8 Å². The maximum Gasteiger partial charge on any atom is 0.256 e. The van der Waals surface area contributed by atoms with Crippen molar-refractivity contribution in [2.45, 2.75) is 65.5 Å². The SMILES string of the molecule is C/C=C(/C)C(=O)N(C(=O)/C(C)=C\C)C1CCCC(N)C1. The molecule has 0 bridgehead atoms. The molecule has 1 aliphatic rings. The minimum absolute atomic E-state index is 0.0775. The van der Waals surface area contributed by atoms with E-state index in [0.29, 0.717) is 17.6 Å². The van der Waals surface area contributed by atoms with E-state index in [0.717, 1.165) is 19.3 Å². The van der Waals surface area contributed by atoms with Gasteiger partial charge in [-0.2, -0.15) is 0 Å². The summed E-state index contributed by atoms with van der Waals surface area (Å²) in [5.41, 5.74) is 7.20. The Labute approximate surface area is 121 Å². The second-order valence-electron chi connectivity index (χ2n) is 5.50. The Morgan fingerprint density at radius 2 is 1.55 bits per heavy atom. The van der Waals surface area contributed by atoms with E-state index in [9.17, 15) is 9.59 Å². The highest BCUT2D eigenvalue weighted by molar-refractivity contribution is 6.09. The van der Waals surface area contributed by atoms with Crippen molar-refractivity contribution < 1.29 is 9.59 Å². The van der Waals surface area contributed by atoms with Crippen LogP contribution < -0.4 is 5.73 Å². The summed E-state index contributed by atoms with van der Waals surface area (Å²) in [5.74, 6) is -0.393. The highest BCUT2D eigenvalue weighted by Crippen LogP contribution is 2.25. The van der Waals surface area contributed by atoms with Gasteiger partial charge in [0.15, 0.2) is 0 Å². The van der Waals surface area contributed by atoms with Crippen LogP contribution in [0.25, 0.3) is 0 Å². The Morgan fingerprint density at radius 3 is 1.95 bits per heavy atom. The lowest BCUT2D eigenvalue weighted by Crippen LogP contribution is -2.49. The summed E-state index contributed by atoms with van der Waals surface area (Å²) in [6.45, 7) is 7.11. The van der Waals surface area contributed by atoms with Gasteiger partial charge in [0.2, 0.25) is 0 Å². The van der Waals surface area contributed by atoms with Crippen LogP contribution in [0.2, 0.25) is 0 Å². The molecule has 4 nitrogen and oxygen atoms in total. The predicted octanol–water partition coefficient (Wildman–Crippen LogP) is 2.54. The van der Waals surface area contributed by atoms with Crippen molar-refractivity contribution in [3.05, 3.63) is 23.3 Å². The molecule has 20 heavy (non-hydrogen) atoms. The van der Waals surface area contributed by atoms with Gasteiger partial charge in [-0.1, -0.05) is 12.2 Å². The maximum absolute atomic E-state index is 12.5. The topological polar surface area (TPSA) is 63.4 Å². The van der Waals surface area contributed by atoms with Crippen LogP contribution in [0.5, 0.6) is 0 Å². The number of imide groups is 1. The molecule has 112 valence electrons. The Hall–Kier alpha value is -1.42. The fraction of sp³-hybridized carbons (Fsp3) is 0.625. The van der Waals surface area contributed by atoms with E-state index in [4.69, 9.17) is 5.73 Å². The largest absolute Gasteiger partial charge is 0.328 e. The third-order valence-electron chi connectivity index (χ3n) is 4.03. The molecule has 2 atom stereocenters. The summed E-state index contributed by atoms with van der Waals surface area (Å²) >= 11 is 0. The van der Waals surface area contributed by atoms with E-state index in [1.54, 1.807) is 26.0 Å². The van der Waals surface area contributed by atoms with Crippen molar-refractivity contribution in [3.8, 4) is 0 Å². The van der Waals surface area contributed by atoms with E-state index in [1.807, 2.05) is 13.8 Å². The maximum atomic E-state index is 12.5. The standard InChI is InChI=1S/C16H26N2O2/c1-5-11(3)15(19)18(16(20)12(4)6-2)14-9-7-8-13(17)10-14/h5-6,13-14H,7-10,17H2,1-4H3/b11-5-,12-6-. The zero-order valence-electron chi connectivity index (χ0n) is 13.0. The zero-order chi connectivity index (χ0) is 15.3. The molecule has 2 N–H and O–H groups in total. The van der Waals surface area contributed by atoms with E-state index in [1.165, 1.54) is 4.90 Å². The first-order chi connectivity index (χ1) is 9.42. The van der Waals surface area contributed by atoms with Gasteiger partial charge in [-0.15, -0.1) is 0 Å². The number of rotatable bonds is 3. The molecular weight excluding hydrogens is 252 g/mol. The minimum atomic E-state index is -0.196. The second-order valence-corrected chi connectivity index (χ2v) is 5.50. The van der Waals surface area contributed by atoms with Gasteiger partial charge < -0.3 is 5.73 Å². The molecule has 0 aromatic heterocycles. The first-order valence-corrected chi connectivity index (χ1v) is 7.31. The van der Waals surface area contributed by atoms with E-state index >= 15 is 0 Å². The van der Waals surface area contributed by atoms with Crippen LogP contribution in [0.3, 0.4) is 0 Å². The first kappa shape index (κ1) is 16.6. The van der Waals surface area contributed by atoms with Crippen LogP contribution in [0.1, 0.15) is 53.4 Å². The highest BCUT2D eigenvalue weighted by Gasteiger charge is 2.33. The summed E-state index contributed by atoms with van der Waals surface area (Å²) < 4.78 is 0. The van der Waals surface area contributed by atoms with Crippen LogP contribution in [0, 0.1) is 0 Å². The first-order valence-electron chi connectivity index (χ1n) is 7.31. The van der Waals surface area contributed by atoms with Crippen molar-refractivity contribution in [1.82, 2.24) is 4.90 Å². The lowest BCUT2D eigenvalue weighted by atomic mass is 9.89. The van der Waals surface area contributed by atoms with Crippen LogP contribution in [-0.2, 0) is 9.59 Å². The van der Waals surface area contributed by atoms with Gasteiger partial charge in [0.1, 0.15) is 0 Å². The normalized spacial score (nSPS) is 24.4. The number of hydrogen-bond acceptors (Lipinski definition) is 3. The lowest BCUT2D eigenvalue weighted by Gasteiger charge is -2.35. The number of carbonyl (C=O) groups excluding carboxylic acids is 2. The molecule has 2 unspecified atom stereocenters. The lowest BCUT2D eigenvalue weighted by molar-refractivity contribution is -0.143. The Balaban J connectivity index is 3.07. The van der Waals surface area contributed by atoms with E-state index in [2.05, 4.69) is 0 Å². The number of amides is 2. The predicted molar refractivity (Wildman–Crippen MR) is 80.9 cm³/mol. The smallest absolute Gasteiger partial charge is 0.256 e. The van der Waals surface area contributed by atoms with Gasteiger partial charge in [-0.3, -0.25) is 14.5 Å². The monoisotopic (exact) mass is 278 g/mol. The molecule has 0 radical (unpaired) electrons. The Bertz CT molecular complexity index is 408. The molecule has 4 heteroatoms. The zero-order valence-corrected chi connectivity index (χ0v) is 13.0. The molecule has 0 saturated heterocycles. The van der Waals surface area contributed by atoms with Gasteiger partial charge in [-0.25, -0.2) is 0 Å². The summed E-state index contributed by atoms with van der Waals surface area (Å²) in [6, 6.07) is -0.00257. The minimum Gasteiger partial charge on any atom is -0.328 e. The summed E-state index contributed by atoms with van der Waals surface area (Å²) in [5, 5.41) is 0. The molecule has 0 spiro atoms. The fourth-order valence-electron chi connectivity index (χ4n) is 2.49. The number of nitrogens with two attached hydrogens (primary N) is 1. The van der Waals surface area contributed by atoms with Gasteiger partial charge >= 0.3 is 0 Å². The molecule has 1 fully saturated rings. The molecule has 1 aliphatic carbocycles. The van der Waals surface area contributed by atoms with Crippen molar-refractivity contribution >= 4 is 11.8 Å². The third-order valence-corrected chi connectivity index (χ3v) is 4.03. The summed E-state index contributed by atoms with van der Waals surface area (Å²) in [6.07, 6.45) is 6.97. The van der Waals surface area contributed by atoms with Gasteiger partial charge in [-0.05, 0) is 53.4 Å². The molecule has 1 saturated carbocycles. The quantitative estimate of drug-likeness (QED) is 0.807. The number of carbonyl (C=O) groups is 2. The number of nitrogens with zero attached hydrogens (tertiary/aromatic N) is 1. The van der Waals surface area contributed by atoms with Crippen LogP contribution in [0.15, 0.2) is 23.3 Å². The van der Waals surface area contributed by atoms with Crippen molar-refractivity contribution in [2.75, 3.05) is 0 Å². The average Bonchev–Trinajstić information content (AvgIpc) is 2.45. The van der Waals surface area contributed by atoms with Crippen LogP contribution in [0.4, 0.5) is 0 Å². The molecule has 0 heterocycles. The van der Waals surface area contributed by atoms with Crippen molar-refractivity contribution in [1.29, 1.82) is 0 Å². The molecule has 0 aromatic rings. The second kappa shape index (κ2) is 7.39. The molecule has 0 aliphatic heterocycles. The molecule has 0 aromatic carbocycles. The molecule has 1 rings (SSSR count). The molecular formula is C16H26N2O2. The van der Waals surface area contributed by atoms with Crippen LogP contribution >= 0.6 is 0 Å². The highest BCUT2D eigenvalue weighted by atomic mass is 16.2. The number of allylic oxidation sites excluding steroid dienone is 2. The Morgan fingerprint density at radius 1 is 1.05 bits per heavy atom. The summed E-state index contributed by atoms with van der Waals surface area (Å²) in [7, 11) is 0. The fourth-order valence-corrected chi connectivity index (χ4v) is 2.49. The van der Waals surface area contributed by atoms with Gasteiger partial charge in [0.05, 0.1) is 0 Å². The van der Waals surface area contributed by atoms with Gasteiger partial charge in [0, 0.05) is 23.2 Å². The van der Waals surface area contributed by atoms with E-state index in [-0.39, 0.29) is 23.9 Å². The summed E-state index contributed by atoms with van der Waals surface area (Å²) in [4.78, 5) is 26.4.